The van der Waals surface area contributed by atoms with Crippen LogP contribution in [-0.4, -0.2) is 12.1 Å². The van der Waals surface area contributed by atoms with E-state index in [1.54, 1.807) is 13.3 Å². The average molecular weight is 206 g/mol. The highest BCUT2D eigenvalue weighted by molar-refractivity contribution is 5.27. The van der Waals surface area contributed by atoms with Gasteiger partial charge < -0.3 is 10.5 Å². The van der Waals surface area contributed by atoms with Gasteiger partial charge in [0.1, 0.15) is 5.75 Å². The largest absolute Gasteiger partial charge is 0.495 e. The van der Waals surface area contributed by atoms with Gasteiger partial charge in [-0.1, -0.05) is 13.8 Å². The highest BCUT2D eigenvalue weighted by Gasteiger charge is 2.49. The van der Waals surface area contributed by atoms with Gasteiger partial charge in [0.2, 0.25) is 0 Å². The van der Waals surface area contributed by atoms with Crippen LogP contribution in [0.5, 0.6) is 5.75 Å². The summed E-state index contributed by atoms with van der Waals surface area (Å²) < 4.78 is 5.14. The first-order chi connectivity index (χ1) is 7.04. The quantitative estimate of drug-likeness (QED) is 0.824. The first kappa shape index (κ1) is 10.4. The molecular formula is C12H18N2O. The summed E-state index contributed by atoms with van der Waals surface area (Å²) in [5, 5.41) is 0. The molecule has 2 N–H and O–H groups in total. The van der Waals surface area contributed by atoms with E-state index in [1.807, 2.05) is 12.3 Å². The Morgan fingerprint density at radius 3 is 2.73 bits per heavy atom. The van der Waals surface area contributed by atoms with E-state index in [1.165, 1.54) is 6.42 Å². The summed E-state index contributed by atoms with van der Waals surface area (Å²) in [5.74, 6) is 1.35. The second kappa shape index (κ2) is 3.49. The fourth-order valence-electron chi connectivity index (χ4n) is 2.08. The molecule has 3 nitrogen and oxygen atoms in total. The third kappa shape index (κ3) is 1.97. The van der Waals surface area contributed by atoms with Crippen molar-refractivity contribution in [2.75, 3.05) is 7.11 Å². The summed E-state index contributed by atoms with van der Waals surface area (Å²) in [6.45, 7) is 4.51. The van der Waals surface area contributed by atoms with Crippen molar-refractivity contribution in [3.8, 4) is 5.75 Å². The standard InChI is InChI=1S/C12H18N2O/c1-12(2)5-10(12)11(13)8-4-9(15-3)7-14-6-8/h4,6-7,10-11H,5,13H2,1-3H3. The van der Waals surface area contributed by atoms with Crippen molar-refractivity contribution < 1.29 is 4.74 Å². The Hall–Kier alpha value is -1.09. The molecule has 2 rings (SSSR count). The second-order valence-electron chi connectivity index (χ2n) is 4.98. The van der Waals surface area contributed by atoms with Gasteiger partial charge in [-0.05, 0) is 29.4 Å². The summed E-state index contributed by atoms with van der Waals surface area (Å²) in [7, 11) is 1.65. The zero-order chi connectivity index (χ0) is 11.1. The molecule has 1 fully saturated rings. The molecule has 0 radical (unpaired) electrons. The predicted octanol–water partition coefficient (Wildman–Crippen LogP) is 2.14. The van der Waals surface area contributed by atoms with Crippen LogP contribution >= 0.6 is 0 Å². The van der Waals surface area contributed by atoms with Gasteiger partial charge in [0.25, 0.3) is 0 Å². The van der Waals surface area contributed by atoms with E-state index in [0.717, 1.165) is 11.3 Å². The number of pyridine rings is 1. The average Bonchev–Trinajstić information content (AvgIpc) is 2.87. The minimum atomic E-state index is 0.0857. The number of nitrogens with zero attached hydrogens (tertiary/aromatic N) is 1. The third-order valence-corrected chi connectivity index (χ3v) is 3.38. The molecule has 0 amide bonds. The van der Waals surface area contributed by atoms with E-state index in [0.29, 0.717) is 11.3 Å². The number of hydrogen-bond acceptors (Lipinski definition) is 3. The molecule has 0 spiro atoms. The smallest absolute Gasteiger partial charge is 0.137 e. The van der Waals surface area contributed by atoms with Gasteiger partial charge in [-0.3, -0.25) is 4.98 Å². The zero-order valence-electron chi connectivity index (χ0n) is 9.53. The van der Waals surface area contributed by atoms with E-state index >= 15 is 0 Å². The lowest BCUT2D eigenvalue weighted by Gasteiger charge is -2.14. The van der Waals surface area contributed by atoms with Crippen LogP contribution in [0.2, 0.25) is 0 Å². The van der Waals surface area contributed by atoms with Gasteiger partial charge in [0.15, 0.2) is 0 Å². The maximum atomic E-state index is 6.20. The normalized spacial score (nSPS) is 24.7. The molecule has 1 saturated carbocycles. The van der Waals surface area contributed by atoms with Gasteiger partial charge >= 0.3 is 0 Å². The van der Waals surface area contributed by atoms with Gasteiger partial charge in [0, 0.05) is 12.2 Å². The Kier molecular flexibility index (Phi) is 2.43. The summed E-state index contributed by atoms with van der Waals surface area (Å²) in [6, 6.07) is 2.06. The van der Waals surface area contributed by atoms with Crippen LogP contribution in [0.3, 0.4) is 0 Å². The fourth-order valence-corrected chi connectivity index (χ4v) is 2.08. The first-order valence-electron chi connectivity index (χ1n) is 5.29. The van der Waals surface area contributed by atoms with Crippen LogP contribution < -0.4 is 10.5 Å². The molecule has 15 heavy (non-hydrogen) atoms. The van der Waals surface area contributed by atoms with Crippen LogP contribution in [0.1, 0.15) is 31.9 Å². The van der Waals surface area contributed by atoms with Crippen molar-refractivity contribution >= 4 is 0 Å². The lowest BCUT2D eigenvalue weighted by molar-refractivity contribution is 0.410. The van der Waals surface area contributed by atoms with Crippen molar-refractivity contribution in [2.45, 2.75) is 26.3 Å². The minimum Gasteiger partial charge on any atom is -0.495 e. The molecule has 0 saturated heterocycles. The molecular weight excluding hydrogens is 188 g/mol. The number of hydrogen-bond donors (Lipinski definition) is 1. The first-order valence-corrected chi connectivity index (χ1v) is 5.29. The SMILES string of the molecule is COc1cncc(C(N)C2CC2(C)C)c1. The number of rotatable bonds is 3. The van der Waals surface area contributed by atoms with Crippen LogP contribution in [0.15, 0.2) is 18.5 Å². The van der Waals surface area contributed by atoms with E-state index in [-0.39, 0.29) is 6.04 Å². The van der Waals surface area contributed by atoms with Crippen LogP contribution in [0.4, 0.5) is 0 Å². The Bertz CT molecular complexity index is 362. The van der Waals surface area contributed by atoms with Crippen molar-refractivity contribution in [2.24, 2.45) is 17.1 Å². The molecule has 1 aliphatic carbocycles. The van der Waals surface area contributed by atoms with E-state index < -0.39 is 0 Å². The molecule has 2 unspecified atom stereocenters. The Balaban J connectivity index is 2.15. The van der Waals surface area contributed by atoms with E-state index in [9.17, 15) is 0 Å². The van der Waals surface area contributed by atoms with Crippen LogP contribution in [-0.2, 0) is 0 Å². The maximum absolute atomic E-state index is 6.20. The highest BCUT2D eigenvalue weighted by atomic mass is 16.5. The molecule has 82 valence electrons. The molecule has 0 aliphatic heterocycles. The Morgan fingerprint density at radius 1 is 1.53 bits per heavy atom. The van der Waals surface area contributed by atoms with Gasteiger partial charge in [0.05, 0.1) is 13.3 Å². The van der Waals surface area contributed by atoms with Crippen molar-refractivity contribution in [3.05, 3.63) is 24.0 Å². The van der Waals surface area contributed by atoms with E-state index in [2.05, 4.69) is 18.8 Å². The molecule has 3 heteroatoms. The van der Waals surface area contributed by atoms with Crippen LogP contribution in [0.25, 0.3) is 0 Å². The molecule has 0 bridgehead atoms. The van der Waals surface area contributed by atoms with Crippen molar-refractivity contribution in [1.82, 2.24) is 4.98 Å². The van der Waals surface area contributed by atoms with Crippen LogP contribution in [0, 0.1) is 11.3 Å². The summed E-state index contributed by atoms with van der Waals surface area (Å²) in [6.07, 6.45) is 4.74. The van der Waals surface area contributed by atoms with Crippen molar-refractivity contribution in [1.29, 1.82) is 0 Å². The lowest BCUT2D eigenvalue weighted by atomic mass is 9.99. The van der Waals surface area contributed by atoms with Gasteiger partial charge in [-0.25, -0.2) is 0 Å². The number of ether oxygens (including phenoxy) is 1. The maximum Gasteiger partial charge on any atom is 0.137 e. The molecule has 1 aromatic heterocycles. The summed E-state index contributed by atoms with van der Waals surface area (Å²) in [5.41, 5.74) is 7.67. The lowest BCUT2D eigenvalue weighted by Crippen LogP contribution is -2.15. The monoisotopic (exact) mass is 206 g/mol. The summed E-state index contributed by atoms with van der Waals surface area (Å²) >= 11 is 0. The van der Waals surface area contributed by atoms with Crippen molar-refractivity contribution in [3.63, 3.8) is 0 Å². The molecule has 2 atom stereocenters. The zero-order valence-corrected chi connectivity index (χ0v) is 9.53. The Morgan fingerprint density at radius 2 is 2.20 bits per heavy atom. The van der Waals surface area contributed by atoms with Gasteiger partial charge in [-0.15, -0.1) is 0 Å². The van der Waals surface area contributed by atoms with Gasteiger partial charge in [-0.2, -0.15) is 0 Å². The molecule has 1 aromatic rings. The topological polar surface area (TPSA) is 48.1 Å². The predicted molar refractivity (Wildman–Crippen MR) is 59.6 cm³/mol. The summed E-state index contributed by atoms with van der Waals surface area (Å²) in [4.78, 5) is 4.13. The molecule has 0 aromatic carbocycles. The number of nitrogens with two attached hydrogens (primary N) is 1. The number of methoxy groups -OCH3 is 1. The fraction of sp³-hybridized carbons (Fsp3) is 0.583. The molecule has 1 heterocycles. The second-order valence-corrected chi connectivity index (χ2v) is 4.98. The minimum absolute atomic E-state index is 0.0857. The van der Waals surface area contributed by atoms with E-state index in [4.69, 9.17) is 10.5 Å². The Labute approximate surface area is 90.7 Å². The highest BCUT2D eigenvalue weighted by Crippen LogP contribution is 2.56. The number of aromatic nitrogens is 1. The third-order valence-electron chi connectivity index (χ3n) is 3.38. The molecule has 1 aliphatic rings.